The number of anilines is 1. The standard InChI is InChI=1S/C14H17N5/c1-10-3-4-12-13(9-10)19(14(15)16-12)8-6-11-5-7-18(2)17-11/h3-5,7,9H,6,8H2,1-2H3,(H2,15,16). The Morgan fingerprint density at radius 3 is 2.84 bits per heavy atom. The average molecular weight is 255 g/mol. The van der Waals surface area contributed by atoms with Gasteiger partial charge in [-0.2, -0.15) is 5.10 Å². The maximum Gasteiger partial charge on any atom is 0.201 e. The molecule has 0 saturated carbocycles. The predicted molar refractivity (Wildman–Crippen MR) is 75.8 cm³/mol. The van der Waals surface area contributed by atoms with Gasteiger partial charge in [0.05, 0.1) is 16.7 Å². The van der Waals surface area contributed by atoms with Crippen molar-refractivity contribution in [3.05, 3.63) is 41.7 Å². The van der Waals surface area contributed by atoms with Crippen LogP contribution in [0.2, 0.25) is 0 Å². The lowest BCUT2D eigenvalue weighted by Crippen LogP contribution is -2.06. The third-order valence-corrected chi connectivity index (χ3v) is 3.29. The monoisotopic (exact) mass is 255 g/mol. The third-order valence-electron chi connectivity index (χ3n) is 3.29. The number of nitrogen functional groups attached to an aromatic ring is 1. The molecule has 19 heavy (non-hydrogen) atoms. The van der Waals surface area contributed by atoms with Crippen molar-refractivity contribution in [1.82, 2.24) is 19.3 Å². The van der Waals surface area contributed by atoms with Crippen molar-refractivity contribution in [2.75, 3.05) is 5.73 Å². The summed E-state index contributed by atoms with van der Waals surface area (Å²) in [5, 5.41) is 4.38. The van der Waals surface area contributed by atoms with Crippen LogP contribution in [0.25, 0.3) is 11.0 Å². The summed E-state index contributed by atoms with van der Waals surface area (Å²) in [5.41, 5.74) is 10.3. The van der Waals surface area contributed by atoms with E-state index in [9.17, 15) is 0 Å². The van der Waals surface area contributed by atoms with Gasteiger partial charge in [0.25, 0.3) is 0 Å². The molecule has 0 bridgehead atoms. The van der Waals surface area contributed by atoms with Crippen LogP contribution in [0.4, 0.5) is 5.95 Å². The van der Waals surface area contributed by atoms with Gasteiger partial charge < -0.3 is 10.3 Å². The van der Waals surface area contributed by atoms with Crippen LogP contribution in [0.5, 0.6) is 0 Å². The first-order chi connectivity index (χ1) is 9.13. The molecular formula is C14H17N5. The van der Waals surface area contributed by atoms with Gasteiger partial charge in [0.15, 0.2) is 0 Å². The van der Waals surface area contributed by atoms with Gasteiger partial charge in [0.1, 0.15) is 0 Å². The summed E-state index contributed by atoms with van der Waals surface area (Å²) in [7, 11) is 1.92. The van der Waals surface area contributed by atoms with Crippen molar-refractivity contribution < 1.29 is 0 Å². The zero-order valence-electron chi connectivity index (χ0n) is 11.2. The van der Waals surface area contributed by atoms with Gasteiger partial charge in [0.2, 0.25) is 5.95 Å². The molecule has 2 heterocycles. The molecule has 5 nitrogen and oxygen atoms in total. The SMILES string of the molecule is Cc1ccc2nc(N)n(CCc3ccn(C)n3)c2c1. The van der Waals surface area contributed by atoms with Gasteiger partial charge in [-0.15, -0.1) is 0 Å². The highest BCUT2D eigenvalue weighted by atomic mass is 15.2. The molecule has 0 unspecified atom stereocenters. The summed E-state index contributed by atoms with van der Waals surface area (Å²) in [6, 6.07) is 8.22. The van der Waals surface area contributed by atoms with Crippen LogP contribution in [0.3, 0.4) is 0 Å². The third kappa shape index (κ3) is 2.19. The molecule has 0 fully saturated rings. The normalized spacial score (nSPS) is 11.3. The van der Waals surface area contributed by atoms with Crippen molar-refractivity contribution in [2.45, 2.75) is 19.9 Å². The molecule has 0 aliphatic carbocycles. The van der Waals surface area contributed by atoms with Crippen LogP contribution in [-0.2, 0) is 20.0 Å². The fraction of sp³-hybridized carbons (Fsp3) is 0.286. The van der Waals surface area contributed by atoms with Crippen molar-refractivity contribution in [3.8, 4) is 0 Å². The molecule has 5 heteroatoms. The summed E-state index contributed by atoms with van der Waals surface area (Å²) in [6.07, 6.45) is 2.80. The zero-order chi connectivity index (χ0) is 13.4. The number of hydrogen-bond acceptors (Lipinski definition) is 3. The van der Waals surface area contributed by atoms with Crippen molar-refractivity contribution in [1.29, 1.82) is 0 Å². The van der Waals surface area contributed by atoms with Crippen LogP contribution in [-0.4, -0.2) is 19.3 Å². The summed E-state index contributed by atoms with van der Waals surface area (Å²) in [4.78, 5) is 4.39. The molecule has 0 atom stereocenters. The highest BCUT2D eigenvalue weighted by molar-refractivity contribution is 5.79. The fourth-order valence-electron chi connectivity index (χ4n) is 2.31. The smallest absolute Gasteiger partial charge is 0.201 e. The molecule has 3 rings (SSSR count). The lowest BCUT2D eigenvalue weighted by atomic mass is 10.2. The van der Waals surface area contributed by atoms with E-state index in [1.807, 2.05) is 30.1 Å². The highest BCUT2D eigenvalue weighted by Crippen LogP contribution is 2.19. The quantitative estimate of drug-likeness (QED) is 0.777. The summed E-state index contributed by atoms with van der Waals surface area (Å²) in [6.45, 7) is 2.87. The number of imidazole rings is 1. The van der Waals surface area contributed by atoms with Crippen LogP contribution >= 0.6 is 0 Å². The average Bonchev–Trinajstić information content (AvgIpc) is 2.90. The summed E-state index contributed by atoms with van der Waals surface area (Å²) < 4.78 is 3.87. The van der Waals surface area contributed by atoms with Gasteiger partial charge in [-0.3, -0.25) is 4.68 Å². The van der Waals surface area contributed by atoms with Crippen LogP contribution in [0, 0.1) is 6.92 Å². The Morgan fingerprint density at radius 2 is 2.11 bits per heavy atom. The number of aromatic nitrogens is 4. The van der Waals surface area contributed by atoms with Crippen molar-refractivity contribution >= 4 is 17.0 Å². The number of fused-ring (bicyclic) bond motifs is 1. The minimum atomic E-state index is 0.566. The predicted octanol–water partition coefficient (Wildman–Crippen LogP) is 1.90. The lowest BCUT2D eigenvalue weighted by molar-refractivity contribution is 0.683. The molecule has 2 N–H and O–H groups in total. The second-order valence-corrected chi connectivity index (χ2v) is 4.84. The number of nitrogens with zero attached hydrogens (tertiary/aromatic N) is 4. The van der Waals surface area contributed by atoms with Crippen molar-refractivity contribution in [2.24, 2.45) is 7.05 Å². The molecular weight excluding hydrogens is 238 g/mol. The zero-order valence-corrected chi connectivity index (χ0v) is 11.2. The van der Waals surface area contributed by atoms with E-state index in [1.54, 1.807) is 0 Å². The summed E-state index contributed by atoms with van der Waals surface area (Å²) in [5.74, 6) is 0.566. The Labute approximate surface area is 111 Å². The lowest BCUT2D eigenvalue weighted by Gasteiger charge is -2.05. The topological polar surface area (TPSA) is 61.7 Å². The Kier molecular flexibility index (Phi) is 2.74. The molecule has 98 valence electrons. The van der Waals surface area contributed by atoms with E-state index >= 15 is 0 Å². The second kappa shape index (κ2) is 4.42. The fourth-order valence-corrected chi connectivity index (χ4v) is 2.31. The van der Waals surface area contributed by atoms with Crippen LogP contribution in [0.1, 0.15) is 11.3 Å². The van der Waals surface area contributed by atoms with E-state index in [2.05, 4.69) is 33.7 Å². The minimum Gasteiger partial charge on any atom is -0.369 e. The maximum atomic E-state index is 6.00. The van der Waals surface area contributed by atoms with E-state index in [-0.39, 0.29) is 0 Å². The molecule has 1 aromatic carbocycles. The molecule has 0 aliphatic heterocycles. The van der Waals surface area contributed by atoms with Crippen LogP contribution < -0.4 is 5.73 Å². The maximum absolute atomic E-state index is 6.00. The molecule has 0 spiro atoms. The number of rotatable bonds is 3. The second-order valence-electron chi connectivity index (χ2n) is 4.84. The number of benzene rings is 1. The first-order valence-corrected chi connectivity index (χ1v) is 6.34. The van der Waals surface area contributed by atoms with Gasteiger partial charge in [-0.05, 0) is 30.7 Å². The van der Waals surface area contributed by atoms with E-state index in [4.69, 9.17) is 5.73 Å². The minimum absolute atomic E-state index is 0.566. The molecule has 3 aromatic rings. The first-order valence-electron chi connectivity index (χ1n) is 6.34. The van der Waals surface area contributed by atoms with E-state index in [0.717, 1.165) is 29.7 Å². The van der Waals surface area contributed by atoms with Crippen LogP contribution in [0.15, 0.2) is 30.5 Å². The van der Waals surface area contributed by atoms with Gasteiger partial charge in [-0.1, -0.05) is 6.07 Å². The van der Waals surface area contributed by atoms with Gasteiger partial charge >= 0.3 is 0 Å². The molecule has 0 amide bonds. The van der Waals surface area contributed by atoms with Gasteiger partial charge in [0, 0.05) is 26.2 Å². The first kappa shape index (κ1) is 11.8. The Morgan fingerprint density at radius 1 is 1.26 bits per heavy atom. The van der Waals surface area contributed by atoms with Gasteiger partial charge in [-0.25, -0.2) is 4.98 Å². The molecule has 2 aromatic heterocycles. The summed E-state index contributed by atoms with van der Waals surface area (Å²) >= 11 is 0. The van der Waals surface area contributed by atoms with Crippen molar-refractivity contribution in [3.63, 3.8) is 0 Å². The Hall–Kier alpha value is -2.30. The molecule has 0 saturated heterocycles. The van der Waals surface area contributed by atoms with E-state index < -0.39 is 0 Å². The molecule has 0 aliphatic rings. The Bertz CT molecular complexity index is 723. The Balaban J connectivity index is 1.91. The highest BCUT2D eigenvalue weighted by Gasteiger charge is 2.08. The number of aryl methyl sites for hydroxylation is 4. The largest absolute Gasteiger partial charge is 0.369 e. The number of nitrogens with two attached hydrogens (primary N) is 1. The van der Waals surface area contributed by atoms with E-state index in [0.29, 0.717) is 5.95 Å². The van der Waals surface area contributed by atoms with E-state index in [1.165, 1.54) is 5.56 Å². The molecule has 0 radical (unpaired) electrons. The number of hydrogen-bond donors (Lipinski definition) is 1.